The van der Waals surface area contributed by atoms with Gasteiger partial charge in [-0.2, -0.15) is 4.89 Å². The second kappa shape index (κ2) is 8.02. The Kier molecular flexibility index (Phi) is 6.68. The molecule has 1 rings (SSSR count). The van der Waals surface area contributed by atoms with Gasteiger partial charge in [0.2, 0.25) is 0 Å². The smallest absolute Gasteiger partial charge is 0.293 e. The van der Waals surface area contributed by atoms with Gasteiger partial charge in [-0.25, -0.2) is 4.79 Å². The summed E-state index contributed by atoms with van der Waals surface area (Å²) in [5.41, 5.74) is 2.65. The maximum absolute atomic E-state index is 11.7. The Morgan fingerprint density at radius 3 is 2.25 bits per heavy atom. The van der Waals surface area contributed by atoms with Crippen molar-refractivity contribution in [2.45, 2.75) is 39.3 Å². The van der Waals surface area contributed by atoms with E-state index in [1.807, 2.05) is 31.2 Å². The molecule has 0 saturated carbocycles. The van der Waals surface area contributed by atoms with Crippen molar-refractivity contribution in [3.8, 4) is 0 Å². The Hall–Kier alpha value is -1.39. The highest BCUT2D eigenvalue weighted by molar-refractivity contribution is 6.95. The molecule has 1 aromatic rings. The maximum Gasteiger partial charge on any atom is 0.373 e. The topological polar surface area (TPSA) is 35.5 Å². The highest BCUT2D eigenvalue weighted by Crippen LogP contribution is 2.17. The molecule has 0 heterocycles. The molecule has 3 nitrogen and oxygen atoms in total. The summed E-state index contributed by atoms with van der Waals surface area (Å²) in [5, 5.41) is 1.31. The van der Waals surface area contributed by atoms with Gasteiger partial charge in [-0.15, -0.1) is 6.58 Å². The lowest BCUT2D eigenvalue weighted by Crippen LogP contribution is -2.44. The number of rotatable bonds is 8. The van der Waals surface area contributed by atoms with Crippen molar-refractivity contribution < 1.29 is 14.6 Å². The Bertz CT molecular complexity index is 436. The molecule has 0 aliphatic carbocycles. The largest absolute Gasteiger partial charge is 0.373 e. The van der Waals surface area contributed by atoms with Crippen LogP contribution in [-0.4, -0.2) is 20.7 Å². The molecule has 0 fully saturated rings. The lowest BCUT2D eigenvalue weighted by molar-refractivity contribution is -0.240. The van der Waals surface area contributed by atoms with E-state index in [0.29, 0.717) is 12.2 Å². The van der Waals surface area contributed by atoms with Gasteiger partial charge < -0.3 is 0 Å². The summed E-state index contributed by atoms with van der Waals surface area (Å²) in [4.78, 5) is 21.3. The third-order valence-electron chi connectivity index (χ3n) is 3.77. The molecule has 0 aliphatic heterocycles. The Morgan fingerprint density at radius 1 is 1.20 bits per heavy atom. The third kappa shape index (κ3) is 3.80. The van der Waals surface area contributed by atoms with E-state index in [1.54, 1.807) is 0 Å². The second-order valence-corrected chi connectivity index (χ2v) is 9.55. The lowest BCUT2D eigenvalue weighted by atomic mass is 10.2. The molecule has 110 valence electrons. The van der Waals surface area contributed by atoms with Crippen LogP contribution in [0.2, 0.25) is 12.1 Å². The molecule has 4 heteroatoms. The highest BCUT2D eigenvalue weighted by atomic mass is 28.3. The fraction of sp³-hybridized carbons (Fsp3) is 0.438. The summed E-state index contributed by atoms with van der Waals surface area (Å²) in [6.45, 7) is 10.8. The summed E-state index contributed by atoms with van der Waals surface area (Å²) in [5.74, 6) is -0.441. The van der Waals surface area contributed by atoms with Crippen LogP contribution in [0.25, 0.3) is 0 Å². The molecule has 0 radical (unpaired) electrons. The molecule has 0 N–H and O–H groups in total. The zero-order valence-corrected chi connectivity index (χ0v) is 13.6. The number of benzene rings is 1. The summed E-state index contributed by atoms with van der Waals surface area (Å²) in [7, 11) is -1.60. The van der Waals surface area contributed by atoms with Crippen LogP contribution >= 0.6 is 0 Å². The second-order valence-electron chi connectivity index (χ2n) is 4.84. The zero-order chi connectivity index (χ0) is 15.0. The van der Waals surface area contributed by atoms with Crippen molar-refractivity contribution in [1.82, 2.24) is 0 Å². The predicted octanol–water partition coefficient (Wildman–Crippen LogP) is 3.61. The van der Waals surface area contributed by atoms with Crippen LogP contribution in [0.4, 0.5) is 0 Å². The standard InChI is InChI=1S/C16H24O3Si/c1-5-13-18-19-16(17)14-9-11-15(12-10-14)20(6-2,7-3)8-4/h6,9-12H,2,5,7-8,13H2,1,3-4H3. The van der Waals surface area contributed by atoms with Crippen LogP contribution in [0.15, 0.2) is 36.5 Å². The van der Waals surface area contributed by atoms with Crippen LogP contribution in [0, 0.1) is 0 Å². The van der Waals surface area contributed by atoms with E-state index in [0.717, 1.165) is 18.5 Å². The van der Waals surface area contributed by atoms with E-state index in [4.69, 9.17) is 9.78 Å². The van der Waals surface area contributed by atoms with Crippen LogP contribution in [-0.2, 0) is 9.78 Å². The van der Waals surface area contributed by atoms with Gasteiger partial charge in [0.15, 0.2) is 0 Å². The molecule has 0 saturated heterocycles. The first kappa shape index (κ1) is 16.7. The predicted molar refractivity (Wildman–Crippen MR) is 84.6 cm³/mol. The molecule has 20 heavy (non-hydrogen) atoms. The Morgan fingerprint density at radius 2 is 1.80 bits per heavy atom. The molecule has 0 unspecified atom stereocenters. The molecule has 0 bridgehead atoms. The van der Waals surface area contributed by atoms with Gasteiger partial charge in [0.25, 0.3) is 0 Å². The van der Waals surface area contributed by atoms with Gasteiger partial charge in [-0.1, -0.05) is 55.9 Å². The van der Waals surface area contributed by atoms with Gasteiger partial charge in [-0.3, -0.25) is 4.89 Å². The van der Waals surface area contributed by atoms with Crippen molar-refractivity contribution in [1.29, 1.82) is 0 Å². The molecule has 0 atom stereocenters. The molecule has 0 amide bonds. The van der Waals surface area contributed by atoms with E-state index in [9.17, 15) is 4.79 Å². The first-order chi connectivity index (χ1) is 9.63. The lowest BCUT2D eigenvalue weighted by Gasteiger charge is -2.25. The van der Waals surface area contributed by atoms with Crippen molar-refractivity contribution in [2.24, 2.45) is 0 Å². The monoisotopic (exact) mass is 292 g/mol. The van der Waals surface area contributed by atoms with Gasteiger partial charge in [0.1, 0.15) is 8.07 Å². The quantitative estimate of drug-likeness (QED) is 0.318. The number of hydrogen-bond donors (Lipinski definition) is 0. The van der Waals surface area contributed by atoms with Crippen LogP contribution in [0.5, 0.6) is 0 Å². The minimum atomic E-state index is -1.60. The summed E-state index contributed by atoms with van der Waals surface area (Å²) >= 11 is 0. The van der Waals surface area contributed by atoms with Crippen LogP contribution < -0.4 is 5.19 Å². The van der Waals surface area contributed by atoms with Crippen molar-refractivity contribution >= 4 is 19.2 Å². The van der Waals surface area contributed by atoms with Gasteiger partial charge >= 0.3 is 5.97 Å². The van der Waals surface area contributed by atoms with E-state index in [1.165, 1.54) is 5.19 Å². The minimum Gasteiger partial charge on any atom is -0.293 e. The van der Waals surface area contributed by atoms with Crippen molar-refractivity contribution in [3.63, 3.8) is 0 Å². The third-order valence-corrected chi connectivity index (χ3v) is 8.56. The van der Waals surface area contributed by atoms with Crippen molar-refractivity contribution in [3.05, 3.63) is 42.1 Å². The molecule has 1 aromatic carbocycles. The van der Waals surface area contributed by atoms with E-state index >= 15 is 0 Å². The maximum atomic E-state index is 11.7. The summed E-state index contributed by atoms with van der Waals surface area (Å²) in [6.07, 6.45) is 0.812. The van der Waals surface area contributed by atoms with Gasteiger partial charge in [0.05, 0.1) is 12.2 Å². The van der Waals surface area contributed by atoms with E-state index in [2.05, 4.69) is 26.1 Å². The molecular weight excluding hydrogens is 268 g/mol. The van der Waals surface area contributed by atoms with Gasteiger partial charge in [0, 0.05) is 0 Å². The molecule has 0 spiro atoms. The minimum absolute atomic E-state index is 0.419. The average molecular weight is 292 g/mol. The number of carbonyl (C=O) groups excluding carboxylic acids is 1. The fourth-order valence-electron chi connectivity index (χ4n) is 2.23. The Balaban J connectivity index is 2.82. The van der Waals surface area contributed by atoms with E-state index < -0.39 is 14.0 Å². The zero-order valence-electron chi connectivity index (χ0n) is 12.6. The molecule has 0 aliphatic rings. The van der Waals surface area contributed by atoms with Crippen molar-refractivity contribution in [2.75, 3.05) is 6.61 Å². The normalized spacial score (nSPS) is 11.2. The Labute approximate surface area is 122 Å². The molecule has 0 aromatic heterocycles. The van der Waals surface area contributed by atoms with E-state index in [-0.39, 0.29) is 0 Å². The number of hydrogen-bond acceptors (Lipinski definition) is 3. The number of carbonyl (C=O) groups is 1. The average Bonchev–Trinajstić information content (AvgIpc) is 2.50. The first-order valence-corrected chi connectivity index (χ1v) is 9.70. The van der Waals surface area contributed by atoms with Crippen LogP contribution in [0.3, 0.4) is 0 Å². The molecular formula is C16H24O3Si. The first-order valence-electron chi connectivity index (χ1n) is 7.21. The summed E-state index contributed by atoms with van der Waals surface area (Å²) in [6, 6.07) is 9.91. The SMILES string of the molecule is C=C[Si](CC)(CC)c1ccc(C(=O)OOCCC)cc1. The van der Waals surface area contributed by atoms with Crippen LogP contribution in [0.1, 0.15) is 37.6 Å². The highest BCUT2D eigenvalue weighted by Gasteiger charge is 2.27. The summed E-state index contributed by atoms with van der Waals surface area (Å²) < 4.78 is 0. The van der Waals surface area contributed by atoms with Gasteiger partial charge in [-0.05, 0) is 18.6 Å². The fourth-order valence-corrected chi connectivity index (χ4v) is 5.19.